The number of aryl methyl sites for hydroxylation is 2. The van der Waals surface area contributed by atoms with Crippen LogP contribution in [0.2, 0.25) is 0 Å². The quantitative estimate of drug-likeness (QED) is 0.226. The summed E-state index contributed by atoms with van der Waals surface area (Å²) < 4.78 is 7.46. The Morgan fingerprint density at radius 2 is 1.69 bits per heavy atom. The maximum absolute atomic E-state index is 13.5. The molecule has 1 aliphatic rings. The Morgan fingerprint density at radius 1 is 1.00 bits per heavy atom. The van der Waals surface area contributed by atoms with Crippen LogP contribution in [-0.2, 0) is 17.6 Å². The number of amides is 1. The molecule has 4 rings (SSSR count). The molecule has 1 amide bonds. The highest BCUT2D eigenvalue weighted by atomic mass is 16.6. The molecular formula is C32H40N2O5. The van der Waals surface area contributed by atoms with Crippen LogP contribution in [0, 0.1) is 0 Å². The minimum atomic E-state index is -0.990. The van der Waals surface area contributed by atoms with Gasteiger partial charge in [-0.2, -0.15) is 0 Å². The van der Waals surface area contributed by atoms with Crippen molar-refractivity contribution >= 4 is 23.4 Å². The molecule has 2 aromatic heterocycles. The van der Waals surface area contributed by atoms with Crippen LogP contribution in [0.4, 0.5) is 4.79 Å². The summed E-state index contributed by atoms with van der Waals surface area (Å²) in [6, 6.07) is 13.0. The van der Waals surface area contributed by atoms with E-state index >= 15 is 0 Å². The number of pyridine rings is 1. The first-order valence-electron chi connectivity index (χ1n) is 14.1. The zero-order chi connectivity index (χ0) is 28.2. The van der Waals surface area contributed by atoms with Gasteiger partial charge in [0, 0.05) is 29.9 Å². The maximum atomic E-state index is 13.5. The first-order chi connectivity index (χ1) is 18.6. The van der Waals surface area contributed by atoms with Gasteiger partial charge in [-0.05, 0) is 88.6 Å². The van der Waals surface area contributed by atoms with Crippen LogP contribution < -0.4 is 0 Å². The number of hydrogen-bond donors (Lipinski definition) is 1. The molecule has 0 unspecified atom stereocenters. The van der Waals surface area contributed by atoms with Crippen LogP contribution in [0.1, 0.15) is 104 Å². The van der Waals surface area contributed by atoms with Gasteiger partial charge in [0.15, 0.2) is 0 Å². The second-order valence-electron chi connectivity index (χ2n) is 11.5. The van der Waals surface area contributed by atoms with Gasteiger partial charge in [0.2, 0.25) is 5.78 Å². The van der Waals surface area contributed by atoms with Crippen LogP contribution in [-0.4, -0.2) is 50.4 Å². The molecule has 1 aromatic carbocycles. The SMILES string of the molecule is CCc1cc2cc(C(=O)O)ccn2c1C(=O)c1ccc(CCCCN(C(=O)OC(C)(C)C)C2CCCC2)cc1. The summed E-state index contributed by atoms with van der Waals surface area (Å²) in [5.74, 6) is -1.07. The summed E-state index contributed by atoms with van der Waals surface area (Å²) in [4.78, 5) is 39.6. The molecule has 0 atom stereocenters. The molecule has 1 saturated carbocycles. The average molecular weight is 533 g/mol. The monoisotopic (exact) mass is 532 g/mol. The fourth-order valence-electron chi connectivity index (χ4n) is 5.42. The number of carbonyl (C=O) groups is 3. The molecule has 0 bridgehead atoms. The van der Waals surface area contributed by atoms with Gasteiger partial charge in [0.1, 0.15) is 5.60 Å². The van der Waals surface area contributed by atoms with E-state index in [-0.39, 0.29) is 23.5 Å². The molecular weight excluding hydrogens is 492 g/mol. The van der Waals surface area contributed by atoms with Crippen molar-refractivity contribution in [1.82, 2.24) is 9.30 Å². The van der Waals surface area contributed by atoms with Crippen molar-refractivity contribution in [3.63, 3.8) is 0 Å². The summed E-state index contributed by atoms with van der Waals surface area (Å²) in [5, 5.41) is 9.31. The van der Waals surface area contributed by atoms with E-state index < -0.39 is 11.6 Å². The van der Waals surface area contributed by atoms with E-state index in [1.165, 1.54) is 6.07 Å². The first kappa shape index (κ1) is 28.4. The normalized spacial score (nSPS) is 14.1. The molecule has 0 spiro atoms. The van der Waals surface area contributed by atoms with E-state index in [2.05, 4.69) is 0 Å². The van der Waals surface area contributed by atoms with Gasteiger partial charge in [-0.15, -0.1) is 0 Å². The standard InChI is InChI=1S/C32H40N2O5/c1-5-23-20-27-21-25(30(36)37)17-19-33(27)28(23)29(35)24-15-13-22(14-16-24)10-8-9-18-34(26-11-6-7-12-26)31(38)39-32(2,3)4/h13-17,19-21,26H,5-12,18H2,1-4H3,(H,36,37). The zero-order valence-corrected chi connectivity index (χ0v) is 23.5. The van der Waals surface area contributed by atoms with E-state index in [1.54, 1.807) is 16.7 Å². The Morgan fingerprint density at radius 3 is 2.31 bits per heavy atom. The highest BCUT2D eigenvalue weighted by Crippen LogP contribution is 2.26. The molecule has 3 aromatic rings. The van der Waals surface area contributed by atoms with Gasteiger partial charge in [0.25, 0.3) is 0 Å². The van der Waals surface area contributed by atoms with Crippen molar-refractivity contribution in [2.75, 3.05) is 6.54 Å². The van der Waals surface area contributed by atoms with Crippen LogP contribution in [0.3, 0.4) is 0 Å². The Bertz CT molecular complexity index is 1330. The highest BCUT2D eigenvalue weighted by Gasteiger charge is 2.30. The summed E-state index contributed by atoms with van der Waals surface area (Å²) in [7, 11) is 0. The molecule has 1 aliphatic carbocycles. The number of fused-ring (bicyclic) bond motifs is 1. The third-order valence-electron chi connectivity index (χ3n) is 7.42. The zero-order valence-electron chi connectivity index (χ0n) is 23.5. The number of rotatable bonds is 10. The lowest BCUT2D eigenvalue weighted by molar-refractivity contribution is 0.0161. The predicted molar refractivity (Wildman–Crippen MR) is 152 cm³/mol. The first-order valence-corrected chi connectivity index (χ1v) is 14.1. The third kappa shape index (κ3) is 6.88. The van der Waals surface area contributed by atoms with Crippen LogP contribution in [0.5, 0.6) is 0 Å². The summed E-state index contributed by atoms with van der Waals surface area (Å²) in [6.45, 7) is 8.40. The second kappa shape index (κ2) is 12.1. The number of carboxylic acid groups (broad SMARTS) is 1. The predicted octanol–water partition coefficient (Wildman–Crippen LogP) is 6.93. The fraction of sp³-hybridized carbons (Fsp3) is 0.469. The Labute approximate surface area is 230 Å². The molecule has 7 nitrogen and oxygen atoms in total. The maximum Gasteiger partial charge on any atom is 0.410 e. The average Bonchev–Trinajstić information content (AvgIpc) is 3.55. The molecule has 0 saturated heterocycles. The molecule has 2 heterocycles. The van der Waals surface area contributed by atoms with Crippen molar-refractivity contribution in [3.8, 4) is 0 Å². The fourth-order valence-corrected chi connectivity index (χ4v) is 5.42. The van der Waals surface area contributed by atoms with Crippen LogP contribution in [0.15, 0.2) is 48.7 Å². The van der Waals surface area contributed by atoms with Crippen molar-refractivity contribution in [2.24, 2.45) is 0 Å². The topological polar surface area (TPSA) is 88.3 Å². The number of nitrogens with zero attached hydrogens (tertiary/aromatic N) is 2. The van der Waals surface area contributed by atoms with E-state index in [4.69, 9.17) is 4.74 Å². The number of ether oxygens (including phenoxy) is 1. The Kier molecular flexibility index (Phi) is 8.78. The van der Waals surface area contributed by atoms with Gasteiger partial charge in [-0.1, -0.05) is 44.0 Å². The lowest BCUT2D eigenvalue weighted by atomic mass is 10.0. The molecule has 0 radical (unpaired) electrons. The number of aromatic nitrogens is 1. The van der Waals surface area contributed by atoms with E-state index in [1.807, 2.05) is 62.9 Å². The van der Waals surface area contributed by atoms with Crippen molar-refractivity contribution in [3.05, 3.63) is 76.6 Å². The number of ketones is 1. The van der Waals surface area contributed by atoms with E-state index in [0.29, 0.717) is 29.7 Å². The Balaban J connectivity index is 1.38. The summed E-state index contributed by atoms with van der Waals surface area (Å²) >= 11 is 0. The van der Waals surface area contributed by atoms with Crippen molar-refractivity contribution in [1.29, 1.82) is 0 Å². The van der Waals surface area contributed by atoms with Gasteiger partial charge in [-0.25, -0.2) is 9.59 Å². The van der Waals surface area contributed by atoms with Gasteiger partial charge in [-0.3, -0.25) is 4.79 Å². The largest absolute Gasteiger partial charge is 0.478 e. The van der Waals surface area contributed by atoms with Crippen molar-refractivity contribution < 1.29 is 24.2 Å². The summed E-state index contributed by atoms with van der Waals surface area (Å²) in [5.41, 5.74) is 3.62. The van der Waals surface area contributed by atoms with Gasteiger partial charge in [0.05, 0.1) is 11.3 Å². The van der Waals surface area contributed by atoms with E-state index in [0.717, 1.165) is 56.1 Å². The lowest BCUT2D eigenvalue weighted by Crippen LogP contribution is -2.42. The Hall–Kier alpha value is -3.61. The van der Waals surface area contributed by atoms with Crippen molar-refractivity contribution in [2.45, 2.75) is 90.7 Å². The third-order valence-corrected chi connectivity index (χ3v) is 7.42. The number of carbonyl (C=O) groups excluding carboxylic acids is 2. The minimum absolute atomic E-state index is 0.0777. The molecule has 7 heteroatoms. The van der Waals surface area contributed by atoms with Gasteiger partial charge >= 0.3 is 12.1 Å². The molecule has 39 heavy (non-hydrogen) atoms. The summed E-state index contributed by atoms with van der Waals surface area (Å²) in [6.07, 6.45) is 9.25. The number of carboxylic acids is 1. The second-order valence-corrected chi connectivity index (χ2v) is 11.5. The smallest absolute Gasteiger partial charge is 0.410 e. The van der Waals surface area contributed by atoms with Gasteiger partial charge < -0.3 is 19.1 Å². The van der Waals surface area contributed by atoms with Crippen LogP contribution in [0.25, 0.3) is 5.52 Å². The molecule has 1 N–H and O–H groups in total. The minimum Gasteiger partial charge on any atom is -0.478 e. The van der Waals surface area contributed by atoms with E-state index in [9.17, 15) is 19.5 Å². The lowest BCUT2D eigenvalue weighted by Gasteiger charge is -2.31. The number of unbranched alkanes of at least 4 members (excludes halogenated alkanes) is 1. The number of benzene rings is 1. The molecule has 208 valence electrons. The molecule has 1 fully saturated rings. The number of aromatic carboxylic acids is 1. The highest BCUT2D eigenvalue weighted by molar-refractivity contribution is 6.09. The van der Waals surface area contributed by atoms with Crippen LogP contribution >= 0.6 is 0 Å². The number of hydrogen-bond acceptors (Lipinski definition) is 4. The molecule has 0 aliphatic heterocycles.